The number of hydrogen-bond acceptors (Lipinski definition) is 6. The SMILES string of the molecule is N[C@H]1[C@@H](OCc2ccccc2)[C@@H](OCc2ccccc2)[C@@H](O)O[C@H]1COCc1ccccc1. The maximum absolute atomic E-state index is 10.8. The van der Waals surface area contributed by atoms with Gasteiger partial charge in [-0.2, -0.15) is 0 Å². The molecular formula is C27H31NO5. The van der Waals surface area contributed by atoms with Crippen molar-refractivity contribution >= 4 is 0 Å². The van der Waals surface area contributed by atoms with Crippen LogP contribution >= 0.6 is 0 Å². The molecule has 1 heterocycles. The Balaban J connectivity index is 1.41. The Morgan fingerprint density at radius 3 is 1.64 bits per heavy atom. The van der Waals surface area contributed by atoms with Gasteiger partial charge in [-0.1, -0.05) is 91.0 Å². The molecule has 5 atom stereocenters. The third-order valence-electron chi connectivity index (χ3n) is 5.69. The van der Waals surface area contributed by atoms with Gasteiger partial charge in [0.15, 0.2) is 6.29 Å². The zero-order valence-corrected chi connectivity index (χ0v) is 18.5. The van der Waals surface area contributed by atoms with E-state index >= 15 is 0 Å². The smallest absolute Gasteiger partial charge is 0.184 e. The van der Waals surface area contributed by atoms with Crippen LogP contribution in [0.15, 0.2) is 91.0 Å². The first-order chi connectivity index (χ1) is 16.2. The van der Waals surface area contributed by atoms with Crippen molar-refractivity contribution in [2.75, 3.05) is 6.61 Å². The van der Waals surface area contributed by atoms with E-state index in [2.05, 4.69) is 0 Å². The van der Waals surface area contributed by atoms with Crippen molar-refractivity contribution in [1.29, 1.82) is 0 Å². The summed E-state index contributed by atoms with van der Waals surface area (Å²) < 4.78 is 23.9. The monoisotopic (exact) mass is 449 g/mol. The van der Waals surface area contributed by atoms with Gasteiger partial charge in [0.1, 0.15) is 18.3 Å². The van der Waals surface area contributed by atoms with E-state index in [1.165, 1.54) is 0 Å². The van der Waals surface area contributed by atoms with Gasteiger partial charge in [-0.05, 0) is 16.7 Å². The normalized spacial score (nSPS) is 25.1. The lowest BCUT2D eigenvalue weighted by Gasteiger charge is -2.43. The lowest BCUT2D eigenvalue weighted by Crippen LogP contribution is -2.63. The molecule has 1 fully saturated rings. The molecule has 0 aliphatic carbocycles. The first-order valence-electron chi connectivity index (χ1n) is 11.2. The molecule has 4 rings (SSSR count). The second-order valence-electron chi connectivity index (χ2n) is 8.17. The van der Waals surface area contributed by atoms with Crippen LogP contribution in [-0.2, 0) is 38.8 Å². The van der Waals surface area contributed by atoms with Crippen molar-refractivity contribution in [3.8, 4) is 0 Å². The van der Waals surface area contributed by atoms with Crippen LogP contribution in [0.1, 0.15) is 16.7 Å². The molecule has 0 unspecified atom stereocenters. The second kappa shape index (κ2) is 12.0. The van der Waals surface area contributed by atoms with Crippen molar-refractivity contribution in [3.05, 3.63) is 108 Å². The van der Waals surface area contributed by atoms with Gasteiger partial charge in [0.05, 0.1) is 32.5 Å². The van der Waals surface area contributed by atoms with E-state index in [1.54, 1.807) is 0 Å². The lowest BCUT2D eigenvalue weighted by atomic mass is 9.96. The first-order valence-corrected chi connectivity index (χ1v) is 11.2. The zero-order valence-electron chi connectivity index (χ0n) is 18.5. The summed E-state index contributed by atoms with van der Waals surface area (Å²) in [7, 11) is 0. The Kier molecular flexibility index (Phi) is 8.60. The van der Waals surface area contributed by atoms with Gasteiger partial charge in [-0.3, -0.25) is 0 Å². The molecule has 0 radical (unpaired) electrons. The topological polar surface area (TPSA) is 83.2 Å². The summed E-state index contributed by atoms with van der Waals surface area (Å²) in [6.45, 7) is 1.35. The van der Waals surface area contributed by atoms with Crippen molar-refractivity contribution in [2.24, 2.45) is 5.73 Å². The summed E-state index contributed by atoms with van der Waals surface area (Å²) in [4.78, 5) is 0. The summed E-state index contributed by atoms with van der Waals surface area (Å²) in [6, 6.07) is 29.0. The van der Waals surface area contributed by atoms with Crippen LogP contribution in [0.3, 0.4) is 0 Å². The number of rotatable bonds is 10. The Bertz CT molecular complexity index is 941. The minimum atomic E-state index is -1.18. The summed E-state index contributed by atoms with van der Waals surface area (Å²) in [6.07, 6.45) is -3.00. The quantitative estimate of drug-likeness (QED) is 0.494. The van der Waals surface area contributed by atoms with Crippen molar-refractivity contribution in [3.63, 3.8) is 0 Å². The maximum Gasteiger partial charge on any atom is 0.184 e. The van der Waals surface area contributed by atoms with Crippen LogP contribution in [-0.4, -0.2) is 42.4 Å². The Morgan fingerprint density at radius 1 is 0.667 bits per heavy atom. The van der Waals surface area contributed by atoms with E-state index < -0.39 is 30.6 Å². The van der Waals surface area contributed by atoms with Gasteiger partial charge in [0.2, 0.25) is 0 Å². The fourth-order valence-corrected chi connectivity index (χ4v) is 3.87. The molecule has 0 amide bonds. The van der Waals surface area contributed by atoms with Crippen LogP contribution in [0.2, 0.25) is 0 Å². The fourth-order valence-electron chi connectivity index (χ4n) is 3.87. The average Bonchev–Trinajstić information content (AvgIpc) is 2.86. The Morgan fingerprint density at radius 2 is 1.12 bits per heavy atom. The summed E-state index contributed by atoms with van der Waals surface area (Å²) in [5, 5.41) is 10.8. The van der Waals surface area contributed by atoms with Crippen molar-refractivity contribution < 1.29 is 24.1 Å². The molecule has 0 aromatic heterocycles. The molecule has 3 N–H and O–H groups in total. The lowest BCUT2D eigenvalue weighted by molar-refractivity contribution is -0.283. The Labute approximate surface area is 194 Å². The number of aliphatic hydroxyl groups is 1. The largest absolute Gasteiger partial charge is 0.374 e. The fraction of sp³-hybridized carbons (Fsp3) is 0.333. The van der Waals surface area contributed by atoms with E-state index in [-0.39, 0.29) is 6.61 Å². The number of hydrogen-bond donors (Lipinski definition) is 2. The van der Waals surface area contributed by atoms with Crippen molar-refractivity contribution in [2.45, 2.75) is 50.5 Å². The number of benzene rings is 3. The summed E-state index contributed by atoms with van der Waals surface area (Å²) in [5.74, 6) is 0. The predicted molar refractivity (Wildman–Crippen MR) is 125 cm³/mol. The van der Waals surface area contributed by atoms with Gasteiger partial charge in [0, 0.05) is 0 Å². The van der Waals surface area contributed by atoms with Crippen molar-refractivity contribution in [1.82, 2.24) is 0 Å². The highest BCUT2D eigenvalue weighted by molar-refractivity contribution is 5.15. The molecule has 6 nitrogen and oxygen atoms in total. The molecule has 3 aromatic carbocycles. The third kappa shape index (κ3) is 6.71. The number of nitrogens with two attached hydrogens (primary N) is 1. The van der Waals surface area contributed by atoms with Gasteiger partial charge >= 0.3 is 0 Å². The van der Waals surface area contributed by atoms with E-state index in [1.807, 2.05) is 91.0 Å². The standard InChI is InChI=1S/C27H31NO5/c28-24-23(19-30-16-20-10-4-1-5-11-20)33-27(29)26(32-18-22-14-8-3-9-15-22)25(24)31-17-21-12-6-2-7-13-21/h1-15,23-27,29H,16-19,28H2/t23-,24+,25+,26+,27-/m0/s1. The summed E-state index contributed by atoms with van der Waals surface area (Å²) >= 11 is 0. The third-order valence-corrected chi connectivity index (χ3v) is 5.69. The van der Waals surface area contributed by atoms with E-state index in [0.29, 0.717) is 19.8 Å². The van der Waals surface area contributed by atoms with Gasteiger partial charge in [-0.25, -0.2) is 0 Å². The van der Waals surface area contributed by atoms with Gasteiger partial charge in [0.25, 0.3) is 0 Å². The minimum absolute atomic E-state index is 0.240. The first kappa shape index (κ1) is 23.6. The molecule has 1 aliphatic heterocycles. The Hall–Kier alpha value is -2.58. The maximum atomic E-state index is 10.8. The summed E-state index contributed by atoms with van der Waals surface area (Å²) in [5.41, 5.74) is 9.64. The highest BCUT2D eigenvalue weighted by Crippen LogP contribution is 2.26. The van der Waals surface area contributed by atoms with Gasteiger partial charge < -0.3 is 29.8 Å². The molecule has 1 aliphatic rings. The molecule has 0 spiro atoms. The molecule has 0 bridgehead atoms. The predicted octanol–water partition coefficient (Wildman–Crippen LogP) is 3.42. The average molecular weight is 450 g/mol. The molecule has 33 heavy (non-hydrogen) atoms. The minimum Gasteiger partial charge on any atom is -0.374 e. The number of ether oxygens (including phenoxy) is 4. The van der Waals surface area contributed by atoms with Crippen LogP contribution in [0, 0.1) is 0 Å². The van der Waals surface area contributed by atoms with E-state index in [0.717, 1.165) is 16.7 Å². The van der Waals surface area contributed by atoms with E-state index in [4.69, 9.17) is 24.7 Å². The van der Waals surface area contributed by atoms with E-state index in [9.17, 15) is 5.11 Å². The second-order valence-corrected chi connectivity index (χ2v) is 8.17. The molecule has 1 saturated heterocycles. The highest BCUT2D eigenvalue weighted by Gasteiger charge is 2.45. The van der Waals surface area contributed by atoms with Crippen LogP contribution in [0.25, 0.3) is 0 Å². The number of aliphatic hydroxyl groups excluding tert-OH is 1. The molecule has 3 aromatic rings. The van der Waals surface area contributed by atoms with Crippen LogP contribution in [0.4, 0.5) is 0 Å². The zero-order chi connectivity index (χ0) is 22.9. The molecule has 6 heteroatoms. The molecular weight excluding hydrogens is 418 g/mol. The van der Waals surface area contributed by atoms with Crippen LogP contribution in [0.5, 0.6) is 0 Å². The molecule has 174 valence electrons. The van der Waals surface area contributed by atoms with Gasteiger partial charge in [-0.15, -0.1) is 0 Å². The highest BCUT2D eigenvalue weighted by atomic mass is 16.7. The molecule has 0 saturated carbocycles. The van der Waals surface area contributed by atoms with Crippen LogP contribution < -0.4 is 5.73 Å².